The van der Waals surface area contributed by atoms with Crippen LogP contribution < -0.4 is 20.9 Å². The fraction of sp³-hybridized carbons (Fsp3) is 0.308. The van der Waals surface area contributed by atoms with Crippen molar-refractivity contribution >= 4 is 17.4 Å². The third kappa shape index (κ3) is 4.44. The first-order valence-corrected chi connectivity index (χ1v) is 11.3. The number of carbonyl (C=O) groups excluding carboxylic acids is 1. The van der Waals surface area contributed by atoms with Gasteiger partial charge < -0.3 is 24.8 Å². The van der Waals surface area contributed by atoms with Gasteiger partial charge in [0.2, 0.25) is 0 Å². The Morgan fingerprint density at radius 3 is 2.55 bits per heavy atom. The van der Waals surface area contributed by atoms with Crippen molar-refractivity contribution < 1.29 is 9.53 Å². The van der Waals surface area contributed by atoms with Crippen LogP contribution in [0.2, 0.25) is 0 Å². The molecule has 0 radical (unpaired) electrons. The van der Waals surface area contributed by atoms with Crippen LogP contribution in [0.1, 0.15) is 23.6 Å². The van der Waals surface area contributed by atoms with Crippen LogP contribution in [-0.2, 0) is 13.1 Å². The number of urea groups is 1. The maximum absolute atomic E-state index is 13.0. The Morgan fingerprint density at radius 1 is 1.00 bits per heavy atom. The summed E-state index contributed by atoms with van der Waals surface area (Å²) in [6.45, 7) is 2.55. The number of likely N-dealkylation sites (tertiary alicyclic amines) is 1. The molecular weight excluding hydrogens is 416 g/mol. The van der Waals surface area contributed by atoms with Gasteiger partial charge in [-0.1, -0.05) is 30.3 Å². The number of nitrogens with one attached hydrogen (secondary N) is 2. The van der Waals surface area contributed by atoms with Crippen LogP contribution in [0.25, 0.3) is 0 Å². The molecule has 2 aromatic carbocycles. The number of fused-ring (bicyclic) bond motifs is 4. The highest BCUT2D eigenvalue weighted by Gasteiger charge is 2.37. The molecule has 5 rings (SSSR count). The van der Waals surface area contributed by atoms with E-state index in [9.17, 15) is 9.59 Å². The van der Waals surface area contributed by atoms with Gasteiger partial charge in [-0.25, -0.2) is 4.79 Å². The van der Waals surface area contributed by atoms with Gasteiger partial charge in [0.15, 0.2) is 0 Å². The van der Waals surface area contributed by atoms with Crippen molar-refractivity contribution in [2.24, 2.45) is 5.92 Å². The number of rotatable bonds is 5. The zero-order valence-corrected chi connectivity index (χ0v) is 18.7. The number of nitrogens with zero attached hydrogens (tertiary/aromatic N) is 2. The Morgan fingerprint density at radius 2 is 1.79 bits per heavy atom. The van der Waals surface area contributed by atoms with E-state index < -0.39 is 0 Å². The van der Waals surface area contributed by atoms with Crippen LogP contribution in [0.4, 0.5) is 16.2 Å². The third-order valence-corrected chi connectivity index (χ3v) is 6.54. The van der Waals surface area contributed by atoms with Gasteiger partial charge in [-0.3, -0.25) is 4.79 Å². The molecule has 1 fully saturated rings. The van der Waals surface area contributed by atoms with Crippen LogP contribution in [0, 0.1) is 5.92 Å². The molecule has 0 unspecified atom stereocenters. The number of methoxy groups -OCH3 is 1. The number of hydrogen-bond donors (Lipinski definition) is 2. The van der Waals surface area contributed by atoms with Crippen molar-refractivity contribution in [3.8, 4) is 5.75 Å². The van der Waals surface area contributed by atoms with E-state index in [2.05, 4.69) is 22.8 Å². The summed E-state index contributed by atoms with van der Waals surface area (Å²) in [5, 5.41) is 6.52. The molecule has 3 aromatic rings. The van der Waals surface area contributed by atoms with Crippen molar-refractivity contribution in [3.63, 3.8) is 0 Å². The van der Waals surface area contributed by atoms with Crippen molar-refractivity contribution in [3.05, 3.63) is 88.3 Å². The third-order valence-electron chi connectivity index (χ3n) is 6.54. The largest absolute Gasteiger partial charge is 0.497 e. The van der Waals surface area contributed by atoms with Crippen LogP contribution >= 0.6 is 0 Å². The number of piperidine rings is 1. The summed E-state index contributed by atoms with van der Waals surface area (Å²) in [4.78, 5) is 27.6. The minimum absolute atomic E-state index is 0.0288. The van der Waals surface area contributed by atoms with Crippen molar-refractivity contribution in [1.82, 2.24) is 9.47 Å². The van der Waals surface area contributed by atoms with E-state index in [0.717, 1.165) is 29.2 Å². The topological polar surface area (TPSA) is 75.6 Å². The standard InChI is InChI=1S/C26H28N4O3/c1-33-22-9-7-21(8-10-22)28-26(32)29-15-19-13-20(17-29)25-23(11-12-24(31)30(25)16-19)27-14-18-5-3-2-4-6-18/h2-12,19-20,27H,13-17H2,1H3,(H,28,32)/t19-,20-/m1/s1. The zero-order valence-electron chi connectivity index (χ0n) is 18.7. The summed E-state index contributed by atoms with van der Waals surface area (Å²) in [5.74, 6) is 1.13. The van der Waals surface area contributed by atoms with Gasteiger partial charge in [0, 0.05) is 49.5 Å². The Hall–Kier alpha value is -3.74. The normalized spacial score (nSPS) is 18.9. The molecule has 1 saturated heterocycles. The Labute approximate surface area is 193 Å². The van der Waals surface area contributed by atoms with E-state index >= 15 is 0 Å². The number of benzene rings is 2. The quantitative estimate of drug-likeness (QED) is 0.621. The lowest BCUT2D eigenvalue weighted by Gasteiger charge is -2.43. The van der Waals surface area contributed by atoms with Gasteiger partial charge in [0.05, 0.1) is 12.8 Å². The second-order valence-electron chi connectivity index (χ2n) is 8.78. The predicted molar refractivity (Wildman–Crippen MR) is 129 cm³/mol. The second kappa shape index (κ2) is 9.02. The average Bonchev–Trinajstić information content (AvgIpc) is 2.85. The highest BCUT2D eigenvalue weighted by atomic mass is 16.5. The van der Waals surface area contributed by atoms with Gasteiger partial charge in [0.25, 0.3) is 5.56 Å². The predicted octanol–water partition coefficient (Wildman–Crippen LogP) is 4.12. The molecule has 2 aliphatic rings. The number of hydrogen-bond acceptors (Lipinski definition) is 4. The summed E-state index contributed by atoms with van der Waals surface area (Å²) in [5.41, 5.74) is 3.93. The monoisotopic (exact) mass is 444 g/mol. The maximum atomic E-state index is 13.0. The molecule has 0 spiro atoms. The highest BCUT2D eigenvalue weighted by Crippen LogP contribution is 2.38. The summed E-state index contributed by atoms with van der Waals surface area (Å²) < 4.78 is 7.09. The fourth-order valence-corrected chi connectivity index (χ4v) is 5.00. The maximum Gasteiger partial charge on any atom is 0.321 e. The second-order valence-corrected chi connectivity index (χ2v) is 8.78. The minimum atomic E-state index is -0.111. The first kappa shape index (κ1) is 21.1. The summed E-state index contributed by atoms with van der Waals surface area (Å²) >= 11 is 0. The smallest absolute Gasteiger partial charge is 0.321 e. The number of aromatic nitrogens is 1. The minimum Gasteiger partial charge on any atom is -0.497 e. The lowest BCUT2D eigenvalue weighted by Crippen LogP contribution is -2.50. The van der Waals surface area contributed by atoms with Gasteiger partial charge in [0.1, 0.15) is 5.75 Å². The van der Waals surface area contributed by atoms with Crippen LogP contribution in [-0.4, -0.2) is 35.7 Å². The van der Waals surface area contributed by atoms with E-state index in [1.165, 1.54) is 5.56 Å². The Bertz CT molecular complexity index is 1190. The van der Waals surface area contributed by atoms with Gasteiger partial charge in [-0.15, -0.1) is 0 Å². The number of carbonyl (C=O) groups is 1. The number of anilines is 2. The lowest BCUT2D eigenvalue weighted by molar-refractivity contribution is 0.140. The van der Waals surface area contributed by atoms with Gasteiger partial charge in [-0.05, 0) is 48.2 Å². The molecule has 2 amide bonds. The SMILES string of the molecule is COc1ccc(NC(=O)N2C[C@H]3C[C@H](C2)c2c(NCc4ccccc4)ccc(=O)n2C3)cc1. The lowest BCUT2D eigenvalue weighted by atomic mass is 9.82. The van der Waals surface area contributed by atoms with Crippen LogP contribution in [0.3, 0.4) is 0 Å². The van der Waals surface area contributed by atoms with Crippen LogP contribution in [0.15, 0.2) is 71.5 Å². The Balaban J connectivity index is 1.34. The molecule has 170 valence electrons. The summed E-state index contributed by atoms with van der Waals surface area (Å²) in [6.07, 6.45) is 0.982. The fourth-order valence-electron chi connectivity index (χ4n) is 5.00. The van der Waals surface area contributed by atoms with Crippen molar-refractivity contribution in [2.75, 3.05) is 30.8 Å². The molecule has 33 heavy (non-hydrogen) atoms. The average molecular weight is 445 g/mol. The Kier molecular flexibility index (Phi) is 5.77. The molecular formula is C26H28N4O3. The van der Waals surface area contributed by atoms with E-state index in [0.29, 0.717) is 26.2 Å². The number of amides is 2. The molecule has 1 aromatic heterocycles. The van der Waals surface area contributed by atoms with E-state index in [1.54, 1.807) is 13.2 Å². The summed E-state index contributed by atoms with van der Waals surface area (Å²) in [7, 11) is 1.62. The molecule has 2 N–H and O–H groups in total. The molecule has 3 heterocycles. The molecule has 2 bridgehead atoms. The van der Waals surface area contributed by atoms with Gasteiger partial charge >= 0.3 is 6.03 Å². The first-order chi connectivity index (χ1) is 16.1. The molecule has 7 heteroatoms. The highest BCUT2D eigenvalue weighted by molar-refractivity contribution is 5.89. The molecule has 0 saturated carbocycles. The molecule has 2 atom stereocenters. The first-order valence-electron chi connectivity index (χ1n) is 11.3. The van der Waals surface area contributed by atoms with Crippen LogP contribution in [0.5, 0.6) is 5.75 Å². The van der Waals surface area contributed by atoms with Gasteiger partial charge in [-0.2, -0.15) is 0 Å². The number of ether oxygens (including phenoxy) is 1. The van der Waals surface area contributed by atoms with E-state index in [-0.39, 0.29) is 23.4 Å². The summed E-state index contributed by atoms with van der Waals surface area (Å²) in [6, 6.07) is 20.9. The zero-order chi connectivity index (χ0) is 22.8. The van der Waals surface area contributed by atoms with Crippen molar-refractivity contribution in [1.29, 1.82) is 0 Å². The van der Waals surface area contributed by atoms with Crippen molar-refractivity contribution in [2.45, 2.75) is 25.4 Å². The molecule has 7 nitrogen and oxygen atoms in total. The van der Waals surface area contributed by atoms with E-state index in [1.807, 2.05) is 58.0 Å². The molecule has 0 aliphatic carbocycles. The molecule has 2 aliphatic heterocycles. The van der Waals surface area contributed by atoms with E-state index in [4.69, 9.17) is 4.74 Å². The number of pyridine rings is 1.